The first kappa shape index (κ1) is 9.81. The summed E-state index contributed by atoms with van der Waals surface area (Å²) in [5, 5.41) is 0.774. The van der Waals surface area contributed by atoms with Gasteiger partial charge in [-0.15, -0.1) is 0 Å². The van der Waals surface area contributed by atoms with E-state index in [-0.39, 0.29) is 0 Å². The third-order valence-corrected chi connectivity index (χ3v) is 12.0. The van der Waals surface area contributed by atoms with Gasteiger partial charge in [-0.25, -0.2) is 0 Å². The van der Waals surface area contributed by atoms with E-state index in [2.05, 4.69) is 41.3 Å². The van der Waals surface area contributed by atoms with Crippen molar-refractivity contribution in [1.82, 2.24) is 0 Å². The maximum absolute atomic E-state index is 6.59. The minimum absolute atomic E-state index is 0.387. The van der Waals surface area contributed by atoms with Crippen molar-refractivity contribution in [2.24, 2.45) is 5.92 Å². The SMILES string of the molecule is CC1C(C)(C)[P+](C)(Cl)C1(C)C. The minimum atomic E-state index is -1.21. The van der Waals surface area contributed by atoms with E-state index in [1.807, 2.05) is 0 Å². The molecule has 0 atom stereocenters. The summed E-state index contributed by atoms with van der Waals surface area (Å²) in [7, 11) is 0. The smallest absolute Gasteiger partial charge is 0.0543 e. The van der Waals surface area contributed by atoms with Crippen LogP contribution >= 0.6 is 17.9 Å². The average Bonchev–Trinajstić information content (AvgIpc) is 1.84. The van der Waals surface area contributed by atoms with Gasteiger partial charge in [-0.1, -0.05) is 6.92 Å². The van der Waals surface area contributed by atoms with Gasteiger partial charge in [-0.3, -0.25) is 0 Å². The van der Waals surface area contributed by atoms with Gasteiger partial charge in [0.1, 0.15) is 6.62 Å². The quantitative estimate of drug-likeness (QED) is 0.511. The highest BCUT2D eigenvalue weighted by Gasteiger charge is 2.75. The molecular weight excluding hydrogens is 175 g/mol. The summed E-state index contributed by atoms with van der Waals surface area (Å²) in [4.78, 5) is 0. The molecule has 0 amide bonds. The Morgan fingerprint density at radius 2 is 1.36 bits per heavy atom. The molecule has 0 unspecified atom stereocenters. The fraction of sp³-hybridized carbons (Fsp3) is 1.00. The monoisotopic (exact) mass is 193 g/mol. The number of halogens is 1. The predicted octanol–water partition coefficient (Wildman–Crippen LogP) is 3.99. The second kappa shape index (κ2) is 2.15. The van der Waals surface area contributed by atoms with Crippen LogP contribution < -0.4 is 0 Å². The highest BCUT2D eigenvalue weighted by Crippen LogP contribution is 2.90. The average molecular weight is 194 g/mol. The van der Waals surface area contributed by atoms with Crippen molar-refractivity contribution in [3.63, 3.8) is 0 Å². The van der Waals surface area contributed by atoms with Crippen LogP contribution in [0.2, 0.25) is 0 Å². The minimum Gasteiger partial charge on any atom is -0.0543 e. The van der Waals surface area contributed by atoms with Gasteiger partial charge >= 0.3 is 0 Å². The van der Waals surface area contributed by atoms with Gasteiger partial charge in [0.15, 0.2) is 0 Å². The molecule has 0 aromatic heterocycles. The first-order chi connectivity index (χ1) is 4.65. The van der Waals surface area contributed by atoms with Gasteiger partial charge < -0.3 is 0 Å². The van der Waals surface area contributed by atoms with E-state index in [1.165, 1.54) is 0 Å². The lowest BCUT2D eigenvalue weighted by Crippen LogP contribution is -2.58. The van der Waals surface area contributed by atoms with Crippen LogP contribution in [0.5, 0.6) is 0 Å². The molecule has 0 spiro atoms. The Kier molecular flexibility index (Phi) is 1.91. The van der Waals surface area contributed by atoms with Crippen molar-refractivity contribution < 1.29 is 0 Å². The number of hydrogen-bond donors (Lipinski definition) is 0. The molecule has 1 aliphatic rings. The molecule has 1 saturated heterocycles. The summed E-state index contributed by atoms with van der Waals surface area (Å²) >= 11 is 6.59. The Balaban J connectivity index is 2.98. The maximum atomic E-state index is 6.59. The third-order valence-electron chi connectivity index (χ3n) is 4.28. The number of hydrogen-bond acceptors (Lipinski definition) is 0. The molecule has 1 fully saturated rings. The van der Waals surface area contributed by atoms with E-state index in [9.17, 15) is 0 Å². The van der Waals surface area contributed by atoms with Crippen LogP contribution in [0, 0.1) is 5.92 Å². The molecule has 2 heteroatoms. The van der Waals surface area contributed by atoms with Crippen LogP contribution in [0.1, 0.15) is 34.6 Å². The third kappa shape index (κ3) is 0.864. The first-order valence-electron chi connectivity index (χ1n) is 4.22. The summed E-state index contributed by atoms with van der Waals surface area (Å²) in [5.41, 5.74) is 0. The van der Waals surface area contributed by atoms with Crippen molar-refractivity contribution in [3.8, 4) is 0 Å². The largest absolute Gasteiger partial charge is 0.122 e. The molecule has 0 N–H and O–H groups in total. The van der Waals surface area contributed by atoms with Crippen molar-refractivity contribution in [2.75, 3.05) is 6.66 Å². The lowest BCUT2D eigenvalue weighted by molar-refractivity contribution is 0.302. The van der Waals surface area contributed by atoms with Crippen molar-refractivity contribution in [2.45, 2.75) is 44.9 Å². The molecule has 0 aromatic carbocycles. The topological polar surface area (TPSA) is 0 Å². The fourth-order valence-electron chi connectivity index (χ4n) is 2.27. The number of rotatable bonds is 0. The van der Waals surface area contributed by atoms with E-state index in [1.54, 1.807) is 0 Å². The lowest BCUT2D eigenvalue weighted by Gasteiger charge is -2.59. The molecule has 0 radical (unpaired) electrons. The Bertz CT molecular complexity index is 164. The zero-order valence-corrected chi connectivity index (χ0v) is 10.1. The highest BCUT2D eigenvalue weighted by atomic mass is 35.7. The molecule has 0 nitrogen and oxygen atoms in total. The highest BCUT2D eigenvalue weighted by molar-refractivity contribution is 8.01. The van der Waals surface area contributed by atoms with Crippen molar-refractivity contribution in [3.05, 3.63) is 0 Å². The van der Waals surface area contributed by atoms with Crippen LogP contribution in [0.15, 0.2) is 0 Å². The second-order valence-electron chi connectivity index (χ2n) is 4.93. The van der Waals surface area contributed by atoms with E-state index >= 15 is 0 Å². The van der Waals surface area contributed by atoms with Gasteiger partial charge in [0.25, 0.3) is 0 Å². The molecule has 66 valence electrons. The molecular formula is C9H19ClP+. The predicted molar refractivity (Wildman–Crippen MR) is 56.0 cm³/mol. The van der Waals surface area contributed by atoms with Gasteiger partial charge in [0, 0.05) is 5.92 Å². The van der Waals surface area contributed by atoms with E-state index < -0.39 is 6.62 Å². The van der Waals surface area contributed by atoms with Crippen molar-refractivity contribution >= 4 is 17.9 Å². The van der Waals surface area contributed by atoms with Crippen LogP contribution in [0.25, 0.3) is 0 Å². The summed E-state index contributed by atoms with van der Waals surface area (Å²) < 4.78 is 0. The molecule has 1 heterocycles. The molecule has 11 heavy (non-hydrogen) atoms. The van der Waals surface area contributed by atoms with Crippen LogP contribution in [-0.2, 0) is 0 Å². The van der Waals surface area contributed by atoms with Crippen LogP contribution in [0.4, 0.5) is 0 Å². The van der Waals surface area contributed by atoms with Crippen molar-refractivity contribution in [1.29, 1.82) is 0 Å². The fourth-order valence-corrected chi connectivity index (χ4v) is 6.53. The van der Waals surface area contributed by atoms with E-state index in [0.717, 1.165) is 5.92 Å². The maximum Gasteiger partial charge on any atom is 0.122 e. The van der Waals surface area contributed by atoms with Gasteiger partial charge in [0.2, 0.25) is 0 Å². The summed E-state index contributed by atoms with van der Waals surface area (Å²) in [6.07, 6.45) is 0. The zero-order chi connectivity index (χ0) is 9.08. The van der Waals surface area contributed by atoms with Crippen LogP contribution in [0.3, 0.4) is 0 Å². The Morgan fingerprint density at radius 1 is 1.09 bits per heavy atom. The molecule has 1 rings (SSSR count). The van der Waals surface area contributed by atoms with Crippen LogP contribution in [-0.4, -0.2) is 17.0 Å². The summed E-state index contributed by atoms with van der Waals surface area (Å²) in [6.45, 7) is 12.6. The second-order valence-corrected chi connectivity index (χ2v) is 11.1. The lowest BCUT2D eigenvalue weighted by atomic mass is 9.83. The van der Waals surface area contributed by atoms with E-state index in [0.29, 0.717) is 10.3 Å². The van der Waals surface area contributed by atoms with Gasteiger partial charge in [0.05, 0.1) is 28.2 Å². The molecule has 0 bridgehead atoms. The van der Waals surface area contributed by atoms with E-state index in [4.69, 9.17) is 11.2 Å². The van der Waals surface area contributed by atoms with Gasteiger partial charge in [-0.2, -0.15) is 0 Å². The van der Waals surface area contributed by atoms with Gasteiger partial charge in [-0.05, 0) is 27.7 Å². The Hall–Kier alpha value is 0.720. The molecule has 1 aliphatic heterocycles. The standard InChI is InChI=1S/C9H19ClP/c1-7-8(2,3)11(6,10)9(7,4)5/h7H,1-6H3/q+1. The summed E-state index contributed by atoms with van der Waals surface area (Å²) in [6, 6.07) is 0. The molecule has 0 aromatic rings. The normalized spacial score (nSPS) is 46.6. The first-order valence-corrected chi connectivity index (χ1v) is 7.36. The molecule has 0 aliphatic carbocycles. The Labute approximate surface area is 75.8 Å². The Morgan fingerprint density at radius 3 is 1.45 bits per heavy atom. The summed E-state index contributed by atoms with van der Waals surface area (Å²) in [5.74, 6) is 0.755. The molecule has 0 saturated carbocycles. The zero-order valence-electron chi connectivity index (χ0n) is 8.40.